The maximum absolute atomic E-state index is 13.5. The quantitative estimate of drug-likeness (QED) is 0.666. The molecule has 1 saturated heterocycles. The highest BCUT2D eigenvalue weighted by atomic mass is 35.5. The average molecular weight is 473 g/mol. The second-order valence-electron chi connectivity index (χ2n) is 8.61. The molecule has 10 heteroatoms. The Hall–Kier alpha value is -2.91. The molecule has 2 N–H and O–H groups in total. The van der Waals surface area contributed by atoms with Crippen molar-refractivity contribution in [3.8, 4) is 0 Å². The van der Waals surface area contributed by atoms with Crippen LogP contribution < -0.4 is 15.5 Å². The highest BCUT2D eigenvalue weighted by Gasteiger charge is 2.33. The van der Waals surface area contributed by atoms with Crippen molar-refractivity contribution in [2.45, 2.75) is 38.8 Å². The molecule has 176 valence electrons. The van der Waals surface area contributed by atoms with E-state index in [0.717, 1.165) is 16.9 Å². The Balaban J connectivity index is 1.47. The molecule has 0 spiro atoms. The zero-order chi connectivity index (χ0) is 23.5. The molecule has 4 rings (SSSR count). The zero-order valence-corrected chi connectivity index (χ0v) is 19.8. The summed E-state index contributed by atoms with van der Waals surface area (Å²) in [7, 11) is 0. The van der Waals surface area contributed by atoms with Gasteiger partial charge in [0.15, 0.2) is 0 Å². The second-order valence-corrected chi connectivity index (χ2v) is 9.05. The number of anilines is 2. The molecule has 2 aromatic rings. The molecular formula is C23H29ClN6O3. The highest BCUT2D eigenvalue weighted by Crippen LogP contribution is 2.35. The van der Waals surface area contributed by atoms with Gasteiger partial charge in [0, 0.05) is 43.8 Å². The first-order valence-corrected chi connectivity index (χ1v) is 11.6. The number of hydrogen-bond donors (Lipinski definition) is 2. The molecule has 0 radical (unpaired) electrons. The van der Waals surface area contributed by atoms with Crippen molar-refractivity contribution < 1.29 is 14.3 Å². The minimum Gasteiger partial charge on any atom is -0.441 e. The van der Waals surface area contributed by atoms with E-state index in [-0.39, 0.29) is 17.9 Å². The van der Waals surface area contributed by atoms with Crippen LogP contribution in [0.3, 0.4) is 0 Å². The number of rotatable bonds is 6. The fraction of sp³-hybridized carbons (Fsp3) is 0.478. The lowest BCUT2D eigenvalue weighted by Gasteiger charge is -2.38. The Bertz CT molecular complexity index is 1010. The van der Waals surface area contributed by atoms with Crippen LogP contribution in [0.15, 0.2) is 30.6 Å². The van der Waals surface area contributed by atoms with Gasteiger partial charge >= 0.3 is 6.09 Å². The lowest BCUT2D eigenvalue weighted by Crippen LogP contribution is -2.51. The van der Waals surface area contributed by atoms with Gasteiger partial charge in [-0.15, -0.1) is 0 Å². The molecule has 0 aliphatic carbocycles. The molecule has 2 aliphatic heterocycles. The molecule has 3 heterocycles. The topological polar surface area (TPSA) is 99.7 Å². The Labute approximate surface area is 198 Å². The highest BCUT2D eigenvalue weighted by molar-refractivity contribution is 6.30. The third kappa shape index (κ3) is 5.20. The van der Waals surface area contributed by atoms with Gasteiger partial charge in [-0.2, -0.15) is 0 Å². The zero-order valence-electron chi connectivity index (χ0n) is 19.0. The number of cyclic esters (lactones) is 1. The predicted octanol–water partition coefficient (Wildman–Crippen LogP) is 3.18. The smallest absolute Gasteiger partial charge is 0.413 e. The van der Waals surface area contributed by atoms with Gasteiger partial charge in [-0.05, 0) is 24.6 Å². The number of halogens is 1. The summed E-state index contributed by atoms with van der Waals surface area (Å²) in [4.78, 5) is 37.8. The van der Waals surface area contributed by atoms with Crippen LogP contribution in [0.25, 0.3) is 0 Å². The summed E-state index contributed by atoms with van der Waals surface area (Å²) < 4.78 is 5.30. The number of piperazine rings is 1. The summed E-state index contributed by atoms with van der Waals surface area (Å²) in [6.45, 7) is 8.90. The summed E-state index contributed by atoms with van der Waals surface area (Å²) in [5.74, 6) is 1.02. The van der Waals surface area contributed by atoms with Gasteiger partial charge in [0.1, 0.15) is 24.1 Å². The van der Waals surface area contributed by atoms with Crippen LogP contribution in [0, 0.1) is 0 Å². The van der Waals surface area contributed by atoms with E-state index < -0.39 is 12.2 Å². The minimum atomic E-state index is -0.515. The van der Waals surface area contributed by atoms with E-state index in [0.29, 0.717) is 43.6 Å². The Kier molecular flexibility index (Phi) is 6.99. The van der Waals surface area contributed by atoms with E-state index in [4.69, 9.17) is 16.3 Å². The number of nitrogens with zero attached hydrogens (tertiary/aromatic N) is 4. The maximum atomic E-state index is 13.5. The van der Waals surface area contributed by atoms with E-state index in [1.807, 2.05) is 36.1 Å². The van der Waals surface area contributed by atoms with Gasteiger partial charge in [0.05, 0.1) is 11.5 Å². The van der Waals surface area contributed by atoms with Crippen molar-refractivity contribution in [1.82, 2.24) is 20.2 Å². The van der Waals surface area contributed by atoms with Gasteiger partial charge in [0.25, 0.3) is 0 Å². The minimum absolute atomic E-state index is 0.0961. The number of carbonyl (C=O) groups is 2. The SMILES string of the molecule is CC(C)NC[C@@H](C(=O)N1CCN(c2ncnc3c2C(C)OC(=O)N3)CC1)c1ccc(Cl)cc1. The maximum Gasteiger partial charge on any atom is 0.413 e. The van der Waals surface area contributed by atoms with Crippen molar-refractivity contribution >= 4 is 35.2 Å². The third-order valence-electron chi connectivity index (χ3n) is 5.97. The first kappa shape index (κ1) is 23.3. The summed E-state index contributed by atoms with van der Waals surface area (Å²) in [6.07, 6.45) is 0.484. The lowest BCUT2D eigenvalue weighted by atomic mass is 9.96. The van der Waals surface area contributed by atoms with Crippen LogP contribution in [0.2, 0.25) is 5.02 Å². The number of fused-ring (bicyclic) bond motifs is 1. The van der Waals surface area contributed by atoms with E-state index in [1.165, 1.54) is 6.33 Å². The van der Waals surface area contributed by atoms with Crippen molar-refractivity contribution in [2.24, 2.45) is 0 Å². The van der Waals surface area contributed by atoms with Gasteiger partial charge < -0.3 is 19.9 Å². The molecule has 9 nitrogen and oxygen atoms in total. The number of ether oxygens (including phenoxy) is 1. The van der Waals surface area contributed by atoms with Gasteiger partial charge in [-0.1, -0.05) is 37.6 Å². The molecule has 0 saturated carbocycles. The summed E-state index contributed by atoms with van der Waals surface area (Å²) in [5.41, 5.74) is 1.71. The number of benzene rings is 1. The number of amides is 2. The fourth-order valence-corrected chi connectivity index (χ4v) is 4.34. The molecule has 2 aliphatic rings. The Morgan fingerprint density at radius 1 is 1.21 bits per heavy atom. The number of hydrogen-bond acceptors (Lipinski definition) is 7. The van der Waals surface area contributed by atoms with E-state index in [2.05, 4.69) is 39.3 Å². The van der Waals surface area contributed by atoms with E-state index >= 15 is 0 Å². The molecule has 1 fully saturated rings. The molecule has 2 amide bonds. The molecule has 1 aromatic carbocycles. The van der Waals surface area contributed by atoms with Crippen molar-refractivity contribution in [3.05, 3.63) is 46.7 Å². The van der Waals surface area contributed by atoms with E-state index in [1.54, 1.807) is 0 Å². The number of nitrogens with one attached hydrogen (secondary N) is 2. The van der Waals surface area contributed by atoms with Gasteiger partial charge in [-0.3, -0.25) is 10.1 Å². The normalized spacial score (nSPS) is 19.1. The molecule has 1 aromatic heterocycles. The second kappa shape index (κ2) is 9.93. The van der Waals surface area contributed by atoms with E-state index in [9.17, 15) is 9.59 Å². The predicted molar refractivity (Wildman–Crippen MR) is 127 cm³/mol. The Morgan fingerprint density at radius 3 is 2.58 bits per heavy atom. The van der Waals surface area contributed by atoms with Crippen molar-refractivity contribution in [1.29, 1.82) is 0 Å². The van der Waals surface area contributed by atoms with Gasteiger partial charge in [-0.25, -0.2) is 14.8 Å². The van der Waals surface area contributed by atoms with Crippen molar-refractivity contribution in [3.63, 3.8) is 0 Å². The molecular weight excluding hydrogens is 444 g/mol. The molecule has 0 bridgehead atoms. The third-order valence-corrected chi connectivity index (χ3v) is 6.22. The lowest BCUT2D eigenvalue weighted by molar-refractivity contribution is -0.133. The van der Waals surface area contributed by atoms with Crippen LogP contribution in [0.5, 0.6) is 0 Å². The molecule has 2 atom stereocenters. The van der Waals surface area contributed by atoms with Crippen LogP contribution >= 0.6 is 11.6 Å². The first-order chi connectivity index (χ1) is 15.8. The summed E-state index contributed by atoms with van der Waals surface area (Å²) in [6, 6.07) is 7.77. The monoisotopic (exact) mass is 472 g/mol. The molecule has 1 unspecified atom stereocenters. The number of aromatic nitrogens is 2. The average Bonchev–Trinajstić information content (AvgIpc) is 2.79. The first-order valence-electron chi connectivity index (χ1n) is 11.2. The fourth-order valence-electron chi connectivity index (χ4n) is 4.21. The van der Waals surface area contributed by atoms with Crippen LogP contribution in [0.1, 0.15) is 43.9 Å². The van der Waals surface area contributed by atoms with Crippen LogP contribution in [0.4, 0.5) is 16.4 Å². The largest absolute Gasteiger partial charge is 0.441 e. The summed E-state index contributed by atoms with van der Waals surface area (Å²) >= 11 is 6.06. The van der Waals surface area contributed by atoms with Gasteiger partial charge in [0.2, 0.25) is 5.91 Å². The van der Waals surface area contributed by atoms with Crippen LogP contribution in [-0.4, -0.2) is 65.6 Å². The number of carbonyl (C=O) groups excluding carboxylic acids is 2. The summed E-state index contributed by atoms with van der Waals surface area (Å²) in [5, 5.41) is 6.69. The standard InChI is InChI=1S/C23H29ClN6O3/c1-14(2)25-12-18(16-4-6-17(24)7-5-16)22(31)30-10-8-29(9-11-30)21-19-15(3)33-23(32)28-20(19)26-13-27-21/h4-7,13-15,18,25H,8-12H2,1-3H3,(H,26,27,28,32)/t15?,18-/m1/s1. The molecule has 33 heavy (non-hydrogen) atoms. The van der Waals surface area contributed by atoms with Crippen LogP contribution in [-0.2, 0) is 9.53 Å². The van der Waals surface area contributed by atoms with Crippen molar-refractivity contribution in [2.75, 3.05) is 42.9 Å². The Morgan fingerprint density at radius 2 is 1.91 bits per heavy atom.